The lowest BCUT2D eigenvalue weighted by Crippen LogP contribution is -2.30. The molecule has 0 bridgehead atoms. The Morgan fingerprint density at radius 2 is 1.44 bits per heavy atom. The fourth-order valence-electron chi connectivity index (χ4n) is 5.14. The highest BCUT2D eigenvalue weighted by atomic mass is 16.5. The van der Waals surface area contributed by atoms with Crippen LogP contribution in [0.2, 0.25) is 0 Å². The summed E-state index contributed by atoms with van der Waals surface area (Å²) >= 11 is 0. The summed E-state index contributed by atoms with van der Waals surface area (Å²) in [5, 5.41) is 0. The minimum Gasteiger partial charge on any atom is -0.426 e. The first-order chi connectivity index (χ1) is 16.3. The molecule has 34 heavy (non-hydrogen) atoms. The first kappa shape index (κ1) is 22.1. The highest BCUT2D eigenvalue weighted by Crippen LogP contribution is 2.38. The quantitative estimate of drug-likeness (QED) is 0.302. The van der Waals surface area contributed by atoms with E-state index < -0.39 is 11.9 Å². The number of ether oxygens (including phenoxy) is 1. The van der Waals surface area contributed by atoms with Crippen LogP contribution in [0.5, 0.6) is 5.75 Å². The Morgan fingerprint density at radius 1 is 0.853 bits per heavy atom. The minimum absolute atomic E-state index is 0.0947. The molecule has 0 spiro atoms. The maximum atomic E-state index is 12.8. The van der Waals surface area contributed by atoms with Crippen molar-refractivity contribution in [3.8, 4) is 5.75 Å². The van der Waals surface area contributed by atoms with Gasteiger partial charge in [-0.3, -0.25) is 24.1 Å². The van der Waals surface area contributed by atoms with Crippen molar-refractivity contribution in [1.29, 1.82) is 0 Å². The Hall–Kier alpha value is -3.74. The van der Waals surface area contributed by atoms with E-state index in [0.29, 0.717) is 24.3 Å². The smallest absolute Gasteiger partial charge is 0.316 e. The summed E-state index contributed by atoms with van der Waals surface area (Å²) in [6.07, 6.45) is 5.17. The number of rotatable bonds is 4. The number of carbonyl (C=O) groups excluding carboxylic acids is 4. The van der Waals surface area contributed by atoms with E-state index >= 15 is 0 Å². The van der Waals surface area contributed by atoms with Crippen LogP contribution in [0.3, 0.4) is 0 Å². The lowest BCUT2D eigenvalue weighted by Gasteiger charge is -2.18. The molecule has 2 fully saturated rings. The van der Waals surface area contributed by atoms with Gasteiger partial charge in [0.1, 0.15) is 5.75 Å². The molecule has 7 heteroatoms. The van der Waals surface area contributed by atoms with Crippen LogP contribution in [0, 0.1) is 31.6 Å². The summed E-state index contributed by atoms with van der Waals surface area (Å²) in [5.41, 5.74) is 3.37. The van der Waals surface area contributed by atoms with E-state index in [1.54, 1.807) is 29.2 Å². The first-order valence-corrected chi connectivity index (χ1v) is 11.5. The van der Waals surface area contributed by atoms with Crippen molar-refractivity contribution in [3.63, 3.8) is 0 Å². The molecule has 5 rings (SSSR count). The maximum Gasteiger partial charge on any atom is 0.316 e. The molecule has 3 aliphatic rings. The van der Waals surface area contributed by atoms with E-state index in [0.717, 1.165) is 16.8 Å². The lowest BCUT2D eigenvalue weighted by atomic mass is 9.85. The minimum atomic E-state index is -0.564. The van der Waals surface area contributed by atoms with Crippen LogP contribution >= 0.6 is 0 Å². The highest BCUT2D eigenvalue weighted by molar-refractivity contribution is 6.22. The molecule has 2 aliphatic heterocycles. The third-order valence-electron chi connectivity index (χ3n) is 6.80. The molecule has 2 aromatic carbocycles. The molecule has 0 saturated carbocycles. The highest BCUT2D eigenvalue weighted by Gasteiger charge is 2.47. The SMILES string of the molecule is Cc1cc(C)cc(N2C[C@@H](C(=O)Oc3ccc(N4C(=O)[C@H]5CC=CC[C@@H]5C4=O)cc3)CC2=O)c1. The summed E-state index contributed by atoms with van der Waals surface area (Å²) in [6.45, 7) is 4.22. The molecule has 3 atom stereocenters. The van der Waals surface area contributed by atoms with Gasteiger partial charge in [-0.2, -0.15) is 0 Å². The van der Waals surface area contributed by atoms with Crippen molar-refractivity contribution < 1.29 is 23.9 Å². The monoisotopic (exact) mass is 458 g/mol. The van der Waals surface area contributed by atoms with E-state index in [4.69, 9.17) is 4.74 Å². The van der Waals surface area contributed by atoms with Crippen LogP contribution in [0.4, 0.5) is 11.4 Å². The second kappa shape index (κ2) is 8.56. The van der Waals surface area contributed by atoms with Gasteiger partial charge in [0, 0.05) is 18.7 Å². The standard InChI is InChI=1S/C27H26N2O5/c1-16-11-17(2)13-20(12-16)28-15-18(14-24(28)30)27(33)34-21-9-7-19(8-10-21)29-25(31)22-5-3-4-6-23(22)26(29)32/h3-4,7-13,18,22-23H,5-6,14-15H2,1-2H3/t18-,22-,23-/m0/s1. The number of carbonyl (C=O) groups is 4. The molecular weight excluding hydrogens is 432 g/mol. The van der Waals surface area contributed by atoms with Crippen molar-refractivity contribution in [2.45, 2.75) is 33.1 Å². The summed E-state index contributed by atoms with van der Waals surface area (Å²) in [5.74, 6) is -1.79. The van der Waals surface area contributed by atoms with Gasteiger partial charge in [-0.15, -0.1) is 0 Å². The van der Waals surface area contributed by atoms with Gasteiger partial charge in [-0.05, 0) is 74.2 Å². The summed E-state index contributed by atoms with van der Waals surface area (Å²) in [7, 11) is 0. The van der Waals surface area contributed by atoms with Crippen molar-refractivity contribution in [1.82, 2.24) is 0 Å². The van der Waals surface area contributed by atoms with Gasteiger partial charge >= 0.3 is 5.97 Å². The van der Waals surface area contributed by atoms with Crippen LogP contribution < -0.4 is 14.5 Å². The third-order valence-corrected chi connectivity index (χ3v) is 6.80. The van der Waals surface area contributed by atoms with Crippen molar-refractivity contribution >= 4 is 35.1 Å². The van der Waals surface area contributed by atoms with Gasteiger partial charge in [-0.25, -0.2) is 0 Å². The zero-order valence-electron chi connectivity index (χ0n) is 19.2. The van der Waals surface area contributed by atoms with Crippen LogP contribution in [-0.4, -0.2) is 30.2 Å². The van der Waals surface area contributed by atoms with Gasteiger partial charge in [0.05, 0.1) is 23.4 Å². The molecule has 0 N–H and O–H groups in total. The summed E-state index contributed by atoms with van der Waals surface area (Å²) < 4.78 is 5.53. The molecule has 0 unspecified atom stereocenters. The van der Waals surface area contributed by atoms with E-state index in [9.17, 15) is 19.2 Å². The Morgan fingerprint density at radius 3 is 2.03 bits per heavy atom. The van der Waals surface area contributed by atoms with Crippen molar-refractivity contribution in [2.24, 2.45) is 17.8 Å². The molecule has 2 saturated heterocycles. The number of hydrogen-bond acceptors (Lipinski definition) is 5. The van der Waals surface area contributed by atoms with E-state index in [2.05, 4.69) is 0 Å². The van der Waals surface area contributed by atoms with Gasteiger partial charge in [0.15, 0.2) is 0 Å². The number of benzene rings is 2. The average molecular weight is 459 g/mol. The van der Waals surface area contributed by atoms with E-state index in [1.165, 1.54) is 4.90 Å². The van der Waals surface area contributed by atoms with Crippen molar-refractivity contribution in [3.05, 3.63) is 65.7 Å². The lowest BCUT2D eigenvalue weighted by molar-refractivity contribution is -0.139. The topological polar surface area (TPSA) is 84.0 Å². The zero-order valence-corrected chi connectivity index (χ0v) is 19.2. The van der Waals surface area contributed by atoms with Gasteiger partial charge in [0.25, 0.3) is 0 Å². The molecule has 7 nitrogen and oxygen atoms in total. The Balaban J connectivity index is 1.25. The number of allylic oxidation sites excluding steroid dienone is 2. The van der Waals surface area contributed by atoms with Crippen LogP contribution in [-0.2, 0) is 19.2 Å². The molecule has 3 amide bonds. The van der Waals surface area contributed by atoms with Crippen LogP contribution in [0.15, 0.2) is 54.6 Å². The number of nitrogens with zero attached hydrogens (tertiary/aromatic N) is 2. The predicted molar refractivity (Wildman–Crippen MR) is 126 cm³/mol. The molecule has 2 heterocycles. The maximum absolute atomic E-state index is 12.8. The van der Waals surface area contributed by atoms with Gasteiger partial charge in [-0.1, -0.05) is 18.2 Å². The Bertz CT molecular complexity index is 1170. The Labute approximate surface area is 198 Å². The first-order valence-electron chi connectivity index (χ1n) is 11.5. The number of aryl methyl sites for hydroxylation is 2. The summed E-state index contributed by atoms with van der Waals surface area (Å²) in [4.78, 5) is 53.7. The molecule has 1 aliphatic carbocycles. The predicted octanol–water partition coefficient (Wildman–Crippen LogP) is 3.72. The molecule has 2 aromatic rings. The number of hydrogen-bond donors (Lipinski definition) is 0. The van der Waals surface area contributed by atoms with Crippen molar-refractivity contribution in [2.75, 3.05) is 16.3 Å². The number of esters is 1. The molecular formula is C27H26N2O5. The average Bonchev–Trinajstić information content (AvgIpc) is 3.32. The number of anilines is 2. The van der Waals surface area contributed by atoms with E-state index in [1.807, 2.05) is 44.2 Å². The third kappa shape index (κ3) is 3.91. The number of fused-ring (bicyclic) bond motifs is 1. The fraction of sp³-hybridized carbons (Fsp3) is 0.333. The molecule has 174 valence electrons. The van der Waals surface area contributed by atoms with Gasteiger partial charge < -0.3 is 9.64 Å². The normalized spacial score (nSPS) is 24.1. The van der Waals surface area contributed by atoms with Crippen LogP contribution in [0.1, 0.15) is 30.4 Å². The van der Waals surface area contributed by atoms with E-state index in [-0.39, 0.29) is 42.5 Å². The van der Waals surface area contributed by atoms with Crippen LogP contribution in [0.25, 0.3) is 0 Å². The largest absolute Gasteiger partial charge is 0.426 e. The second-order valence-corrected chi connectivity index (χ2v) is 9.33. The molecule has 0 aromatic heterocycles. The number of imide groups is 1. The van der Waals surface area contributed by atoms with Gasteiger partial charge in [0.2, 0.25) is 17.7 Å². The summed E-state index contributed by atoms with van der Waals surface area (Å²) in [6, 6.07) is 12.3. The molecule has 0 radical (unpaired) electrons. The second-order valence-electron chi connectivity index (χ2n) is 9.33. The fourth-order valence-corrected chi connectivity index (χ4v) is 5.14. The Kier molecular flexibility index (Phi) is 5.55. The number of amides is 3. The zero-order chi connectivity index (χ0) is 24.0.